The molecule has 2 aliphatic rings. The molecule has 0 saturated carbocycles. The van der Waals surface area contributed by atoms with E-state index in [2.05, 4.69) is 14.5 Å². The number of carbonyl (C=O) groups is 1. The number of nitrogens with zero attached hydrogens (tertiary/aromatic N) is 2. The van der Waals surface area contributed by atoms with Crippen LogP contribution in [0.5, 0.6) is 0 Å². The van der Waals surface area contributed by atoms with Gasteiger partial charge in [0.2, 0.25) is 15.9 Å². The third-order valence-electron chi connectivity index (χ3n) is 4.94. The Kier molecular flexibility index (Phi) is 5.22. The highest BCUT2D eigenvalue weighted by Crippen LogP contribution is 2.22. The highest BCUT2D eigenvalue weighted by molar-refractivity contribution is 7.89. The molecule has 2 fully saturated rings. The Morgan fingerprint density at radius 2 is 1.92 bits per heavy atom. The number of carbonyl (C=O) groups excluding carboxylic acids is 1. The second-order valence-corrected chi connectivity index (χ2v) is 8.46. The van der Waals surface area contributed by atoms with Crippen molar-refractivity contribution >= 4 is 15.9 Å². The quantitative estimate of drug-likeness (QED) is 0.865. The molecular weight excluding hydrogens is 326 g/mol. The number of hydrogen-bond donors (Lipinski definition) is 1. The molecule has 7 heteroatoms. The summed E-state index contributed by atoms with van der Waals surface area (Å²) in [6.07, 6.45) is 3.86. The van der Waals surface area contributed by atoms with Crippen LogP contribution in [0.15, 0.2) is 29.2 Å². The molecule has 6 nitrogen and oxygen atoms in total. The predicted molar refractivity (Wildman–Crippen MR) is 91.9 cm³/mol. The second kappa shape index (κ2) is 7.21. The summed E-state index contributed by atoms with van der Waals surface area (Å²) in [5, 5.41) is 0. The Bertz CT molecular complexity index is 688. The molecule has 0 radical (unpaired) electrons. The number of piperidine rings is 1. The van der Waals surface area contributed by atoms with Crippen LogP contribution in [0.25, 0.3) is 0 Å². The lowest BCUT2D eigenvalue weighted by atomic mass is 10.0. The predicted octanol–water partition coefficient (Wildman–Crippen LogP) is 1.18. The van der Waals surface area contributed by atoms with Crippen LogP contribution >= 0.6 is 0 Å². The molecule has 132 valence electrons. The van der Waals surface area contributed by atoms with Crippen molar-refractivity contribution in [2.75, 3.05) is 26.7 Å². The first-order valence-electron chi connectivity index (χ1n) is 8.54. The van der Waals surface area contributed by atoms with Gasteiger partial charge in [-0.3, -0.25) is 9.69 Å². The van der Waals surface area contributed by atoms with Crippen molar-refractivity contribution in [3.63, 3.8) is 0 Å². The van der Waals surface area contributed by atoms with Crippen molar-refractivity contribution in [3.8, 4) is 0 Å². The number of rotatable bonds is 5. The van der Waals surface area contributed by atoms with Crippen molar-refractivity contribution in [1.29, 1.82) is 0 Å². The monoisotopic (exact) mass is 351 g/mol. The maximum Gasteiger partial charge on any atom is 0.240 e. The van der Waals surface area contributed by atoms with Crippen molar-refractivity contribution in [2.24, 2.45) is 0 Å². The zero-order valence-corrected chi connectivity index (χ0v) is 14.9. The van der Waals surface area contributed by atoms with E-state index in [1.165, 1.54) is 7.05 Å². The molecule has 0 aliphatic carbocycles. The first kappa shape index (κ1) is 17.4. The summed E-state index contributed by atoms with van der Waals surface area (Å²) in [5.74, 6) is 0.295. The fourth-order valence-electron chi connectivity index (χ4n) is 3.63. The Hall–Kier alpha value is -1.44. The molecule has 2 aliphatic heterocycles. The number of nitrogens with one attached hydrogen (secondary N) is 1. The van der Waals surface area contributed by atoms with Gasteiger partial charge in [0, 0.05) is 32.1 Å². The highest BCUT2D eigenvalue weighted by Gasteiger charge is 2.31. The molecule has 1 N–H and O–H groups in total. The van der Waals surface area contributed by atoms with Gasteiger partial charge < -0.3 is 4.90 Å². The Morgan fingerprint density at radius 1 is 1.17 bits per heavy atom. The van der Waals surface area contributed by atoms with Crippen LogP contribution in [-0.4, -0.2) is 56.8 Å². The SMILES string of the molecule is CNS(=O)(=O)c1ccc(CN2CCCC(N3CCCC3=O)C2)cc1. The van der Waals surface area contributed by atoms with E-state index in [1.807, 2.05) is 12.1 Å². The molecule has 1 amide bonds. The third-order valence-corrected chi connectivity index (χ3v) is 6.37. The van der Waals surface area contributed by atoms with E-state index in [0.717, 1.165) is 51.0 Å². The van der Waals surface area contributed by atoms with E-state index in [1.54, 1.807) is 12.1 Å². The molecule has 0 bridgehead atoms. The van der Waals surface area contributed by atoms with E-state index >= 15 is 0 Å². The fourth-order valence-corrected chi connectivity index (χ4v) is 4.36. The number of sulfonamides is 1. The molecule has 2 saturated heterocycles. The van der Waals surface area contributed by atoms with E-state index in [-0.39, 0.29) is 4.90 Å². The van der Waals surface area contributed by atoms with E-state index in [9.17, 15) is 13.2 Å². The maximum atomic E-state index is 11.9. The first-order chi connectivity index (χ1) is 11.5. The molecule has 1 aromatic rings. The lowest BCUT2D eigenvalue weighted by Crippen LogP contribution is -2.48. The summed E-state index contributed by atoms with van der Waals surface area (Å²) in [4.78, 5) is 16.6. The molecule has 1 unspecified atom stereocenters. The normalized spacial score (nSPS) is 23.0. The minimum atomic E-state index is -3.38. The third kappa shape index (κ3) is 3.79. The zero-order valence-electron chi connectivity index (χ0n) is 14.1. The first-order valence-corrected chi connectivity index (χ1v) is 10.0. The lowest BCUT2D eigenvalue weighted by Gasteiger charge is -2.37. The van der Waals surface area contributed by atoms with Crippen molar-refractivity contribution in [1.82, 2.24) is 14.5 Å². The summed E-state index contributed by atoms with van der Waals surface area (Å²) in [5.41, 5.74) is 1.10. The van der Waals surface area contributed by atoms with Gasteiger partial charge in [0.25, 0.3) is 0 Å². The van der Waals surface area contributed by atoms with Crippen molar-refractivity contribution < 1.29 is 13.2 Å². The average Bonchev–Trinajstić information content (AvgIpc) is 3.02. The van der Waals surface area contributed by atoms with Gasteiger partial charge in [0.15, 0.2) is 0 Å². The fraction of sp³-hybridized carbons (Fsp3) is 0.588. The van der Waals surface area contributed by atoms with Crippen LogP contribution in [0.1, 0.15) is 31.2 Å². The van der Waals surface area contributed by atoms with Crippen LogP contribution in [-0.2, 0) is 21.4 Å². The largest absolute Gasteiger partial charge is 0.338 e. The average molecular weight is 351 g/mol. The summed E-state index contributed by atoms with van der Waals surface area (Å²) in [6.45, 7) is 3.61. The molecule has 0 aromatic heterocycles. The van der Waals surface area contributed by atoms with Crippen LogP contribution in [0, 0.1) is 0 Å². The lowest BCUT2D eigenvalue weighted by molar-refractivity contribution is -0.130. The van der Waals surface area contributed by atoms with Crippen LogP contribution in [0.4, 0.5) is 0 Å². The number of hydrogen-bond acceptors (Lipinski definition) is 4. The Labute approximate surface area is 143 Å². The summed E-state index contributed by atoms with van der Waals surface area (Å²) in [6, 6.07) is 7.36. The van der Waals surface area contributed by atoms with Gasteiger partial charge in [-0.15, -0.1) is 0 Å². The van der Waals surface area contributed by atoms with E-state index < -0.39 is 10.0 Å². The summed E-state index contributed by atoms with van der Waals surface area (Å²) < 4.78 is 25.9. The van der Waals surface area contributed by atoms with Gasteiger partial charge in [-0.05, 0) is 50.6 Å². The standard InChI is InChI=1S/C17H25N3O3S/c1-18-24(22,23)16-8-6-14(7-9-16)12-19-10-2-4-15(13-19)20-11-3-5-17(20)21/h6-9,15,18H,2-5,10-13H2,1H3. The number of amides is 1. The topological polar surface area (TPSA) is 69.7 Å². The second-order valence-electron chi connectivity index (χ2n) is 6.57. The molecule has 1 aromatic carbocycles. The minimum Gasteiger partial charge on any atom is -0.338 e. The van der Waals surface area contributed by atoms with Gasteiger partial charge >= 0.3 is 0 Å². The van der Waals surface area contributed by atoms with Gasteiger partial charge in [0.1, 0.15) is 0 Å². The Balaban J connectivity index is 1.62. The van der Waals surface area contributed by atoms with Gasteiger partial charge in [-0.25, -0.2) is 13.1 Å². The molecular formula is C17H25N3O3S. The van der Waals surface area contributed by atoms with E-state index in [0.29, 0.717) is 18.4 Å². The van der Waals surface area contributed by atoms with Crippen molar-refractivity contribution in [3.05, 3.63) is 29.8 Å². The molecule has 3 rings (SSSR count). The molecule has 2 heterocycles. The van der Waals surface area contributed by atoms with E-state index in [4.69, 9.17) is 0 Å². The maximum absolute atomic E-state index is 11.9. The zero-order chi connectivity index (χ0) is 17.2. The minimum absolute atomic E-state index is 0.285. The Morgan fingerprint density at radius 3 is 2.54 bits per heavy atom. The van der Waals surface area contributed by atoms with Crippen LogP contribution in [0.3, 0.4) is 0 Å². The molecule has 1 atom stereocenters. The van der Waals surface area contributed by atoms with Gasteiger partial charge in [0.05, 0.1) is 4.90 Å². The highest BCUT2D eigenvalue weighted by atomic mass is 32.2. The smallest absolute Gasteiger partial charge is 0.240 e. The van der Waals surface area contributed by atoms with Gasteiger partial charge in [-0.1, -0.05) is 12.1 Å². The number of benzene rings is 1. The van der Waals surface area contributed by atoms with Crippen LogP contribution in [0.2, 0.25) is 0 Å². The summed E-state index contributed by atoms with van der Waals surface area (Å²) >= 11 is 0. The van der Waals surface area contributed by atoms with Crippen molar-refractivity contribution in [2.45, 2.75) is 43.2 Å². The summed E-state index contributed by atoms with van der Waals surface area (Å²) in [7, 11) is -1.97. The van der Waals surface area contributed by atoms with Gasteiger partial charge in [-0.2, -0.15) is 0 Å². The molecule has 0 spiro atoms. The van der Waals surface area contributed by atoms with Crippen LogP contribution < -0.4 is 4.72 Å². The number of likely N-dealkylation sites (tertiary alicyclic amines) is 2. The molecule has 24 heavy (non-hydrogen) atoms.